The van der Waals surface area contributed by atoms with Gasteiger partial charge in [-0.1, -0.05) is 39.0 Å². The highest BCUT2D eigenvalue weighted by molar-refractivity contribution is 6.01. The molecule has 1 heterocycles. The van der Waals surface area contributed by atoms with Crippen molar-refractivity contribution in [3.63, 3.8) is 0 Å². The van der Waals surface area contributed by atoms with Crippen molar-refractivity contribution in [1.82, 2.24) is 5.43 Å². The van der Waals surface area contributed by atoms with Gasteiger partial charge in [-0.15, -0.1) is 0 Å². The molecular weight excluding hydrogens is 344 g/mol. The topological polar surface area (TPSA) is 80.2 Å². The Morgan fingerprint density at radius 1 is 1.19 bits per heavy atom. The number of ether oxygens (including phenoxy) is 2. The highest BCUT2D eigenvalue weighted by atomic mass is 16.6. The molecular formula is C21H24N2O4. The minimum absolute atomic E-state index is 0.0350. The average Bonchev–Trinajstić information content (AvgIpc) is 2.64. The number of benzene rings is 2. The molecule has 2 aromatic carbocycles. The molecule has 2 aromatic rings. The molecule has 6 heteroatoms. The molecule has 6 nitrogen and oxygen atoms in total. The number of para-hydroxylation sites is 1. The number of carbonyl (C=O) groups excluding carboxylic acids is 1. The van der Waals surface area contributed by atoms with Gasteiger partial charge in [0.25, 0.3) is 5.91 Å². The molecule has 0 aliphatic carbocycles. The van der Waals surface area contributed by atoms with E-state index in [0.717, 1.165) is 5.56 Å². The lowest BCUT2D eigenvalue weighted by molar-refractivity contribution is -0.130. The summed E-state index contributed by atoms with van der Waals surface area (Å²) >= 11 is 0. The van der Waals surface area contributed by atoms with E-state index in [1.807, 2.05) is 18.2 Å². The number of amides is 1. The van der Waals surface area contributed by atoms with Crippen LogP contribution in [0.15, 0.2) is 47.6 Å². The first-order chi connectivity index (χ1) is 12.8. The van der Waals surface area contributed by atoms with Crippen LogP contribution in [-0.2, 0) is 10.2 Å². The first-order valence-corrected chi connectivity index (χ1v) is 8.82. The maximum absolute atomic E-state index is 12.4. The van der Waals surface area contributed by atoms with Gasteiger partial charge in [0.15, 0.2) is 11.5 Å². The second-order valence-corrected chi connectivity index (χ2v) is 7.52. The summed E-state index contributed by atoms with van der Waals surface area (Å²) < 4.78 is 11.5. The summed E-state index contributed by atoms with van der Waals surface area (Å²) in [4.78, 5) is 12.4. The number of nitrogens with zero attached hydrogens (tertiary/aromatic N) is 1. The molecule has 2 N–H and O–H groups in total. The monoisotopic (exact) mass is 368 g/mol. The summed E-state index contributed by atoms with van der Waals surface area (Å²) in [5, 5.41) is 13.9. The molecule has 0 radical (unpaired) electrons. The molecule has 1 aliphatic heterocycles. The summed E-state index contributed by atoms with van der Waals surface area (Å²) in [7, 11) is 0. The van der Waals surface area contributed by atoms with E-state index in [1.165, 1.54) is 0 Å². The number of hydrogen-bond donors (Lipinski definition) is 2. The van der Waals surface area contributed by atoms with E-state index in [1.54, 1.807) is 31.2 Å². The lowest BCUT2D eigenvalue weighted by Crippen LogP contribution is -2.42. The number of phenols is 1. The molecule has 0 aromatic heterocycles. The fourth-order valence-electron chi connectivity index (χ4n) is 2.72. The Hall–Kier alpha value is -3.02. The number of phenolic OH excluding ortho intramolecular Hbond substituents is 1. The molecule has 0 fully saturated rings. The molecule has 0 spiro atoms. The molecule has 0 saturated heterocycles. The lowest BCUT2D eigenvalue weighted by Gasteiger charge is -2.27. The van der Waals surface area contributed by atoms with Gasteiger partial charge in [0.2, 0.25) is 6.10 Å². The Kier molecular flexibility index (Phi) is 5.08. The summed E-state index contributed by atoms with van der Waals surface area (Å²) in [6.45, 7) is 8.15. The van der Waals surface area contributed by atoms with Gasteiger partial charge in [-0.3, -0.25) is 4.79 Å². The van der Waals surface area contributed by atoms with E-state index in [-0.39, 0.29) is 17.8 Å². The number of hydrazone groups is 1. The number of fused-ring (bicyclic) bond motifs is 1. The van der Waals surface area contributed by atoms with Crippen LogP contribution in [-0.4, -0.2) is 29.4 Å². The van der Waals surface area contributed by atoms with Gasteiger partial charge in [0.1, 0.15) is 12.4 Å². The van der Waals surface area contributed by atoms with Crippen LogP contribution in [0.4, 0.5) is 0 Å². The minimum atomic E-state index is -0.798. The first kappa shape index (κ1) is 18.8. The third-order valence-electron chi connectivity index (χ3n) is 4.39. The molecule has 27 heavy (non-hydrogen) atoms. The summed E-state index contributed by atoms with van der Waals surface area (Å²) in [6.07, 6.45) is -0.798. The lowest BCUT2D eigenvalue weighted by atomic mass is 9.87. The molecule has 0 saturated carbocycles. The van der Waals surface area contributed by atoms with E-state index < -0.39 is 12.0 Å². The van der Waals surface area contributed by atoms with Crippen molar-refractivity contribution in [3.05, 3.63) is 53.6 Å². The molecule has 1 atom stereocenters. The Balaban J connectivity index is 1.70. The molecule has 1 amide bonds. The number of aromatic hydroxyl groups is 1. The van der Waals surface area contributed by atoms with Crippen LogP contribution in [0.3, 0.4) is 0 Å². The van der Waals surface area contributed by atoms with Gasteiger partial charge in [-0.2, -0.15) is 5.10 Å². The third-order valence-corrected chi connectivity index (χ3v) is 4.39. The molecule has 0 bridgehead atoms. The molecule has 142 valence electrons. The van der Waals surface area contributed by atoms with Crippen molar-refractivity contribution in [1.29, 1.82) is 0 Å². The number of nitrogens with one attached hydrogen (secondary N) is 1. The SMILES string of the molecule is C/C(=N/NC(=O)C1COc2ccc(C(C)(C)C)cc2O1)c1ccccc1O. The Morgan fingerprint density at radius 2 is 1.93 bits per heavy atom. The predicted molar refractivity (Wildman–Crippen MR) is 104 cm³/mol. The Morgan fingerprint density at radius 3 is 2.63 bits per heavy atom. The van der Waals surface area contributed by atoms with Crippen molar-refractivity contribution in [2.75, 3.05) is 6.61 Å². The maximum Gasteiger partial charge on any atom is 0.284 e. The largest absolute Gasteiger partial charge is 0.507 e. The predicted octanol–water partition coefficient (Wildman–Crippen LogP) is 3.37. The molecule has 1 aliphatic rings. The highest BCUT2D eigenvalue weighted by Crippen LogP contribution is 2.36. The van der Waals surface area contributed by atoms with E-state index in [4.69, 9.17) is 9.47 Å². The van der Waals surface area contributed by atoms with E-state index in [0.29, 0.717) is 22.8 Å². The minimum Gasteiger partial charge on any atom is -0.507 e. The number of hydrogen-bond acceptors (Lipinski definition) is 5. The fourth-order valence-corrected chi connectivity index (χ4v) is 2.72. The van der Waals surface area contributed by atoms with Crippen LogP contribution in [0.2, 0.25) is 0 Å². The summed E-state index contributed by atoms with van der Waals surface area (Å²) in [5.74, 6) is 0.877. The zero-order chi connectivity index (χ0) is 19.6. The van der Waals surface area contributed by atoms with Crippen molar-refractivity contribution in [3.8, 4) is 17.2 Å². The summed E-state index contributed by atoms with van der Waals surface area (Å²) in [6, 6.07) is 12.6. The highest BCUT2D eigenvalue weighted by Gasteiger charge is 2.28. The van der Waals surface area contributed by atoms with Crippen LogP contribution in [0.5, 0.6) is 17.2 Å². The van der Waals surface area contributed by atoms with Crippen molar-refractivity contribution in [2.45, 2.75) is 39.2 Å². The third kappa shape index (κ3) is 4.22. The van der Waals surface area contributed by atoms with E-state index >= 15 is 0 Å². The first-order valence-electron chi connectivity index (χ1n) is 8.82. The van der Waals surface area contributed by atoms with E-state index in [2.05, 4.69) is 31.3 Å². The van der Waals surface area contributed by atoms with Crippen LogP contribution in [0, 0.1) is 0 Å². The van der Waals surface area contributed by atoms with Crippen LogP contribution in [0.25, 0.3) is 0 Å². The van der Waals surface area contributed by atoms with E-state index in [9.17, 15) is 9.90 Å². The standard InChI is InChI=1S/C21H24N2O4/c1-13(15-7-5-6-8-16(15)24)22-23-20(25)19-12-26-17-10-9-14(21(2,3)4)11-18(17)27-19/h5-11,19,24H,12H2,1-4H3,(H,23,25)/b22-13-. The number of rotatable bonds is 3. The van der Waals surface area contributed by atoms with Gasteiger partial charge in [0.05, 0.1) is 5.71 Å². The normalized spacial score (nSPS) is 16.7. The van der Waals surface area contributed by atoms with Gasteiger partial charge < -0.3 is 14.6 Å². The quantitative estimate of drug-likeness (QED) is 0.643. The van der Waals surface area contributed by atoms with Gasteiger partial charge in [0, 0.05) is 5.56 Å². The maximum atomic E-state index is 12.4. The second kappa shape index (κ2) is 7.31. The van der Waals surface area contributed by atoms with Crippen molar-refractivity contribution >= 4 is 11.6 Å². The van der Waals surface area contributed by atoms with Gasteiger partial charge in [-0.25, -0.2) is 5.43 Å². The van der Waals surface area contributed by atoms with Crippen LogP contribution < -0.4 is 14.9 Å². The zero-order valence-corrected chi connectivity index (χ0v) is 15.9. The molecule has 3 rings (SSSR count). The Bertz CT molecular complexity index is 884. The van der Waals surface area contributed by atoms with Crippen molar-refractivity contribution in [2.24, 2.45) is 5.10 Å². The van der Waals surface area contributed by atoms with Crippen LogP contribution >= 0.6 is 0 Å². The number of carbonyl (C=O) groups is 1. The average molecular weight is 368 g/mol. The smallest absolute Gasteiger partial charge is 0.284 e. The van der Waals surface area contributed by atoms with Gasteiger partial charge in [-0.05, 0) is 42.2 Å². The summed E-state index contributed by atoms with van der Waals surface area (Å²) in [5.41, 5.74) is 4.60. The van der Waals surface area contributed by atoms with Crippen LogP contribution in [0.1, 0.15) is 38.8 Å². The second-order valence-electron chi connectivity index (χ2n) is 7.52. The molecule has 1 unspecified atom stereocenters. The van der Waals surface area contributed by atoms with Crippen molar-refractivity contribution < 1.29 is 19.4 Å². The Labute approximate surface area is 158 Å². The van der Waals surface area contributed by atoms with Gasteiger partial charge >= 0.3 is 0 Å². The fraction of sp³-hybridized carbons (Fsp3) is 0.333. The zero-order valence-electron chi connectivity index (χ0n) is 15.9.